The second kappa shape index (κ2) is 9.25. The van der Waals surface area contributed by atoms with Gasteiger partial charge in [-0.1, -0.05) is 0 Å². The highest BCUT2D eigenvalue weighted by Gasteiger charge is 2.29. The maximum absolute atomic E-state index is 12.2. The quantitative estimate of drug-likeness (QED) is 0.779. The first-order valence-electron chi connectivity index (χ1n) is 8.86. The molecule has 1 fully saturated rings. The Morgan fingerprint density at radius 3 is 2.30 bits per heavy atom. The molecule has 144 valence electrons. The van der Waals surface area contributed by atoms with E-state index < -0.39 is 0 Å². The molecule has 2 N–H and O–H groups in total. The van der Waals surface area contributed by atoms with Crippen molar-refractivity contribution in [2.75, 3.05) is 32.2 Å². The average Bonchev–Trinajstić information content (AvgIpc) is 3.11. The van der Waals surface area contributed by atoms with Gasteiger partial charge in [0.1, 0.15) is 23.4 Å². The fraction of sp³-hybridized carbons (Fsp3) is 0.350. The molecule has 0 bridgehead atoms. The Morgan fingerprint density at radius 1 is 1.04 bits per heavy atom. The van der Waals surface area contributed by atoms with Crippen LogP contribution in [0.4, 0.5) is 10.5 Å². The molecule has 7 nitrogen and oxygen atoms in total. The highest BCUT2D eigenvalue weighted by Crippen LogP contribution is 2.25. The molecule has 1 aliphatic heterocycles. The highest BCUT2D eigenvalue weighted by molar-refractivity contribution is 5.89. The van der Waals surface area contributed by atoms with E-state index in [-0.39, 0.29) is 18.2 Å². The molecule has 0 aliphatic carbocycles. The number of amides is 2. The van der Waals surface area contributed by atoms with E-state index in [0.717, 1.165) is 5.75 Å². The number of carbonyl (C=O) groups excluding carboxylic acids is 1. The number of hydrogen-bond acceptors (Lipinski definition) is 5. The molecule has 2 aromatic rings. The standard InChI is InChI=1S/C20H24N2O5/c1-3-26-19-13-25-12-18(19)22-20(23)21-14-4-6-16(7-5-14)27-17-10-8-15(24-2)9-11-17/h4-11,18-19H,3,12-13H2,1-2H3,(H2,21,22,23)/t18-,19-/m1/s1. The summed E-state index contributed by atoms with van der Waals surface area (Å²) in [6.07, 6.45) is -0.110. The summed E-state index contributed by atoms with van der Waals surface area (Å²) in [4.78, 5) is 12.2. The van der Waals surface area contributed by atoms with Crippen molar-refractivity contribution >= 4 is 11.7 Å². The number of ether oxygens (including phenoxy) is 4. The maximum Gasteiger partial charge on any atom is 0.319 e. The van der Waals surface area contributed by atoms with E-state index in [0.29, 0.717) is 37.0 Å². The first-order valence-corrected chi connectivity index (χ1v) is 8.86. The monoisotopic (exact) mass is 372 g/mol. The lowest BCUT2D eigenvalue weighted by Crippen LogP contribution is -2.45. The van der Waals surface area contributed by atoms with Crippen molar-refractivity contribution in [1.82, 2.24) is 5.32 Å². The summed E-state index contributed by atoms with van der Waals surface area (Å²) in [5, 5.41) is 5.69. The van der Waals surface area contributed by atoms with Crippen LogP contribution in [0.3, 0.4) is 0 Å². The van der Waals surface area contributed by atoms with E-state index in [1.807, 2.05) is 31.2 Å². The van der Waals surface area contributed by atoms with Gasteiger partial charge in [-0.15, -0.1) is 0 Å². The van der Waals surface area contributed by atoms with Crippen molar-refractivity contribution in [1.29, 1.82) is 0 Å². The minimum atomic E-state index is -0.293. The van der Waals surface area contributed by atoms with Crippen LogP contribution in [0, 0.1) is 0 Å². The molecular weight excluding hydrogens is 348 g/mol. The summed E-state index contributed by atoms with van der Waals surface area (Å²) in [5.74, 6) is 2.15. The van der Waals surface area contributed by atoms with Gasteiger partial charge in [0.25, 0.3) is 0 Å². The lowest BCUT2D eigenvalue weighted by molar-refractivity contribution is 0.0428. The number of urea groups is 1. The summed E-state index contributed by atoms with van der Waals surface area (Å²) >= 11 is 0. The zero-order valence-electron chi connectivity index (χ0n) is 15.4. The zero-order chi connectivity index (χ0) is 19.1. The third-order valence-corrected chi connectivity index (χ3v) is 4.13. The van der Waals surface area contributed by atoms with Gasteiger partial charge in [-0.05, 0) is 55.5 Å². The molecule has 1 heterocycles. The first-order chi connectivity index (χ1) is 13.2. The Morgan fingerprint density at radius 2 is 1.67 bits per heavy atom. The smallest absolute Gasteiger partial charge is 0.319 e. The molecule has 0 unspecified atom stereocenters. The number of anilines is 1. The van der Waals surface area contributed by atoms with E-state index in [1.54, 1.807) is 31.4 Å². The molecule has 1 saturated heterocycles. The van der Waals surface area contributed by atoms with Crippen LogP contribution < -0.4 is 20.1 Å². The zero-order valence-corrected chi connectivity index (χ0v) is 15.4. The van der Waals surface area contributed by atoms with Gasteiger partial charge in [0.2, 0.25) is 0 Å². The van der Waals surface area contributed by atoms with Crippen molar-refractivity contribution in [3.05, 3.63) is 48.5 Å². The summed E-state index contributed by atoms with van der Waals surface area (Å²) in [5.41, 5.74) is 0.668. The molecule has 0 saturated carbocycles. The summed E-state index contributed by atoms with van der Waals surface area (Å²) < 4.78 is 21.8. The molecule has 0 radical (unpaired) electrons. The fourth-order valence-electron chi connectivity index (χ4n) is 2.77. The lowest BCUT2D eigenvalue weighted by atomic mass is 10.2. The summed E-state index contributed by atoms with van der Waals surface area (Å²) in [7, 11) is 1.62. The van der Waals surface area contributed by atoms with Gasteiger partial charge in [-0.25, -0.2) is 4.79 Å². The Balaban J connectivity index is 1.51. The summed E-state index contributed by atoms with van der Waals surface area (Å²) in [6, 6.07) is 14.0. The number of rotatable bonds is 7. The first kappa shape index (κ1) is 19.0. The Bertz CT molecular complexity index is 733. The molecule has 2 amide bonds. The third-order valence-electron chi connectivity index (χ3n) is 4.13. The Labute approximate surface area is 158 Å². The van der Waals surface area contributed by atoms with Gasteiger partial charge in [0, 0.05) is 12.3 Å². The summed E-state index contributed by atoms with van der Waals surface area (Å²) in [6.45, 7) is 3.46. The van der Waals surface area contributed by atoms with E-state index in [1.165, 1.54) is 0 Å². The molecule has 27 heavy (non-hydrogen) atoms. The second-order valence-corrected chi connectivity index (χ2v) is 6.04. The molecular formula is C20H24N2O5. The molecule has 7 heteroatoms. The van der Waals surface area contributed by atoms with Crippen LogP contribution in [0.5, 0.6) is 17.2 Å². The number of benzene rings is 2. The Kier molecular flexibility index (Phi) is 6.51. The van der Waals surface area contributed by atoms with Crippen molar-refractivity contribution < 1.29 is 23.7 Å². The van der Waals surface area contributed by atoms with Gasteiger partial charge in [0.05, 0.1) is 26.4 Å². The molecule has 2 aromatic carbocycles. The number of methoxy groups -OCH3 is 1. The van der Waals surface area contributed by atoms with Gasteiger partial charge < -0.3 is 29.6 Å². The van der Waals surface area contributed by atoms with Crippen LogP contribution in [0.2, 0.25) is 0 Å². The fourth-order valence-corrected chi connectivity index (χ4v) is 2.77. The maximum atomic E-state index is 12.2. The minimum absolute atomic E-state index is 0.110. The molecule has 2 atom stereocenters. The van der Waals surface area contributed by atoms with Crippen LogP contribution in [0.25, 0.3) is 0 Å². The van der Waals surface area contributed by atoms with Gasteiger partial charge in [-0.3, -0.25) is 0 Å². The number of carbonyl (C=O) groups is 1. The normalized spacial score (nSPS) is 18.7. The second-order valence-electron chi connectivity index (χ2n) is 6.04. The molecule has 1 aliphatic rings. The van der Waals surface area contributed by atoms with E-state index in [9.17, 15) is 4.79 Å². The van der Waals surface area contributed by atoms with Gasteiger partial charge in [0.15, 0.2) is 0 Å². The van der Waals surface area contributed by atoms with Crippen molar-refractivity contribution in [2.24, 2.45) is 0 Å². The van der Waals surface area contributed by atoms with Crippen LogP contribution in [-0.4, -0.2) is 45.1 Å². The molecule has 0 aromatic heterocycles. The van der Waals surface area contributed by atoms with Crippen molar-refractivity contribution in [2.45, 2.75) is 19.1 Å². The van der Waals surface area contributed by atoms with Crippen LogP contribution in [0.1, 0.15) is 6.92 Å². The predicted molar refractivity (Wildman–Crippen MR) is 102 cm³/mol. The Hall–Kier alpha value is -2.77. The molecule has 3 rings (SSSR count). The average molecular weight is 372 g/mol. The minimum Gasteiger partial charge on any atom is -0.497 e. The predicted octanol–water partition coefficient (Wildman–Crippen LogP) is 3.41. The largest absolute Gasteiger partial charge is 0.497 e. The topological polar surface area (TPSA) is 78.1 Å². The van der Waals surface area contributed by atoms with E-state index >= 15 is 0 Å². The number of nitrogens with one attached hydrogen (secondary N) is 2. The molecule has 0 spiro atoms. The number of hydrogen-bond donors (Lipinski definition) is 2. The van der Waals surface area contributed by atoms with Crippen molar-refractivity contribution in [3.8, 4) is 17.2 Å². The van der Waals surface area contributed by atoms with Gasteiger partial charge in [-0.2, -0.15) is 0 Å². The van der Waals surface area contributed by atoms with Gasteiger partial charge >= 0.3 is 6.03 Å². The van der Waals surface area contributed by atoms with Crippen LogP contribution >= 0.6 is 0 Å². The van der Waals surface area contributed by atoms with Crippen LogP contribution in [-0.2, 0) is 9.47 Å². The highest BCUT2D eigenvalue weighted by atomic mass is 16.5. The van der Waals surface area contributed by atoms with E-state index in [2.05, 4.69) is 10.6 Å². The SMILES string of the molecule is CCO[C@@H]1COC[C@H]1NC(=O)Nc1ccc(Oc2ccc(OC)cc2)cc1. The van der Waals surface area contributed by atoms with E-state index in [4.69, 9.17) is 18.9 Å². The third kappa shape index (κ3) is 5.35. The van der Waals surface area contributed by atoms with Crippen molar-refractivity contribution in [3.63, 3.8) is 0 Å². The van der Waals surface area contributed by atoms with Crippen LogP contribution in [0.15, 0.2) is 48.5 Å². The lowest BCUT2D eigenvalue weighted by Gasteiger charge is -2.19.